The highest BCUT2D eigenvalue weighted by Crippen LogP contribution is 2.27. The molecule has 0 aliphatic heterocycles. The van der Waals surface area contributed by atoms with E-state index in [2.05, 4.69) is 86.2 Å². The van der Waals surface area contributed by atoms with Gasteiger partial charge in [0.1, 0.15) is 0 Å². The Labute approximate surface area is 130 Å². The van der Waals surface area contributed by atoms with Gasteiger partial charge in [0, 0.05) is 16.2 Å². The van der Waals surface area contributed by atoms with Crippen molar-refractivity contribution >= 4 is 21.6 Å². The van der Waals surface area contributed by atoms with Crippen molar-refractivity contribution < 1.29 is 0 Å². The van der Waals surface area contributed by atoms with Crippen LogP contribution in [0.2, 0.25) is 0 Å². The van der Waals surface area contributed by atoms with E-state index in [1.54, 1.807) is 0 Å². The molecule has 1 atom stereocenters. The van der Waals surface area contributed by atoms with Crippen molar-refractivity contribution in [3.63, 3.8) is 0 Å². The van der Waals surface area contributed by atoms with Crippen LogP contribution in [-0.4, -0.2) is 0 Å². The molecule has 2 aromatic carbocycles. The van der Waals surface area contributed by atoms with Crippen molar-refractivity contribution in [1.82, 2.24) is 0 Å². The Kier molecular flexibility index (Phi) is 4.54. The lowest BCUT2D eigenvalue weighted by Gasteiger charge is -2.18. The van der Waals surface area contributed by atoms with E-state index < -0.39 is 0 Å². The fourth-order valence-corrected chi connectivity index (χ4v) is 2.63. The molecule has 2 aromatic rings. The Balaban J connectivity index is 2.23. The van der Waals surface area contributed by atoms with E-state index in [-0.39, 0.29) is 0 Å². The van der Waals surface area contributed by atoms with E-state index in [1.807, 2.05) is 0 Å². The van der Waals surface area contributed by atoms with Crippen LogP contribution in [-0.2, 0) is 0 Å². The van der Waals surface area contributed by atoms with E-state index in [1.165, 1.54) is 38.0 Å². The van der Waals surface area contributed by atoms with Crippen LogP contribution in [0.25, 0.3) is 0 Å². The van der Waals surface area contributed by atoms with Gasteiger partial charge in [0.15, 0.2) is 0 Å². The first-order chi connectivity index (χ1) is 9.38. The van der Waals surface area contributed by atoms with Crippen LogP contribution in [0, 0.1) is 27.7 Å². The number of rotatable bonds is 3. The summed E-state index contributed by atoms with van der Waals surface area (Å²) in [5.41, 5.74) is 7.72. The number of hydrogen-bond donors (Lipinski definition) is 1. The molecule has 0 radical (unpaired) electrons. The summed E-state index contributed by atoms with van der Waals surface area (Å²) in [6, 6.07) is 11.4. The molecule has 0 fully saturated rings. The molecule has 1 unspecified atom stereocenters. The second-order valence-electron chi connectivity index (χ2n) is 5.63. The summed E-state index contributed by atoms with van der Waals surface area (Å²) >= 11 is 3.61. The van der Waals surface area contributed by atoms with Gasteiger partial charge in [-0.25, -0.2) is 0 Å². The second-order valence-corrected chi connectivity index (χ2v) is 6.43. The monoisotopic (exact) mass is 331 g/mol. The molecule has 0 spiro atoms. The van der Waals surface area contributed by atoms with E-state index in [4.69, 9.17) is 0 Å². The largest absolute Gasteiger partial charge is 0.379 e. The molecular weight excluding hydrogens is 310 g/mol. The molecule has 0 aromatic heterocycles. The van der Waals surface area contributed by atoms with Crippen LogP contribution in [0.3, 0.4) is 0 Å². The zero-order chi connectivity index (χ0) is 14.9. The topological polar surface area (TPSA) is 12.0 Å². The first-order valence-electron chi connectivity index (χ1n) is 6.99. The maximum absolute atomic E-state index is 3.61. The van der Waals surface area contributed by atoms with Gasteiger partial charge in [-0.3, -0.25) is 0 Å². The van der Waals surface area contributed by atoms with E-state index in [0.717, 1.165) is 0 Å². The number of benzene rings is 2. The summed E-state index contributed by atoms with van der Waals surface area (Å²) in [6.07, 6.45) is 0. The maximum Gasteiger partial charge on any atom is 0.0485 e. The third-order valence-electron chi connectivity index (χ3n) is 3.85. The fraction of sp³-hybridized carbons (Fsp3) is 0.333. The molecule has 0 amide bonds. The van der Waals surface area contributed by atoms with Crippen molar-refractivity contribution in [3.05, 3.63) is 62.6 Å². The lowest BCUT2D eigenvalue weighted by molar-refractivity contribution is 0.881. The number of aryl methyl sites for hydroxylation is 4. The lowest BCUT2D eigenvalue weighted by atomic mass is 10.0. The van der Waals surface area contributed by atoms with Gasteiger partial charge >= 0.3 is 0 Å². The molecule has 1 nitrogen and oxygen atoms in total. The SMILES string of the molecule is Cc1ccc(C(C)Nc2cc(C)c(Br)c(C)c2)cc1C. The molecule has 0 bridgehead atoms. The van der Waals surface area contributed by atoms with Crippen molar-refractivity contribution in [3.8, 4) is 0 Å². The minimum atomic E-state index is 0.300. The molecule has 0 heterocycles. The quantitative estimate of drug-likeness (QED) is 0.743. The molecule has 106 valence electrons. The second kappa shape index (κ2) is 6.01. The van der Waals surface area contributed by atoms with Gasteiger partial charge in [-0.05, 0) is 74.6 Å². The molecule has 20 heavy (non-hydrogen) atoms. The first-order valence-corrected chi connectivity index (χ1v) is 7.78. The fourth-order valence-electron chi connectivity index (χ4n) is 2.40. The van der Waals surface area contributed by atoms with Crippen LogP contribution in [0.5, 0.6) is 0 Å². The third-order valence-corrected chi connectivity index (χ3v) is 5.10. The highest BCUT2D eigenvalue weighted by atomic mass is 79.9. The van der Waals surface area contributed by atoms with Gasteiger partial charge in [0.25, 0.3) is 0 Å². The Morgan fingerprint density at radius 1 is 0.850 bits per heavy atom. The van der Waals surface area contributed by atoms with Gasteiger partial charge in [-0.1, -0.05) is 34.1 Å². The molecule has 0 aliphatic rings. The van der Waals surface area contributed by atoms with E-state index >= 15 is 0 Å². The van der Waals surface area contributed by atoms with E-state index in [0.29, 0.717) is 6.04 Å². The Bertz CT molecular complexity index is 608. The van der Waals surface area contributed by atoms with Crippen LogP contribution >= 0.6 is 15.9 Å². The summed E-state index contributed by atoms with van der Waals surface area (Å²) in [4.78, 5) is 0. The predicted octanol–water partition coefficient (Wildman–Crippen LogP) is 5.86. The standard InChI is InChI=1S/C18H22BrN/c1-11-6-7-16(8-12(11)2)15(5)20-17-9-13(3)18(19)14(4)10-17/h6-10,15,20H,1-5H3. The lowest BCUT2D eigenvalue weighted by Crippen LogP contribution is -2.07. The molecule has 1 N–H and O–H groups in total. The van der Waals surface area contributed by atoms with Crippen molar-refractivity contribution in [1.29, 1.82) is 0 Å². The normalized spacial score (nSPS) is 12.3. The molecule has 0 saturated heterocycles. The van der Waals surface area contributed by atoms with E-state index in [9.17, 15) is 0 Å². The third kappa shape index (κ3) is 3.24. The average Bonchev–Trinajstić information content (AvgIpc) is 2.39. The molecule has 0 aliphatic carbocycles. The van der Waals surface area contributed by atoms with Crippen LogP contribution < -0.4 is 5.32 Å². The zero-order valence-electron chi connectivity index (χ0n) is 12.8. The predicted molar refractivity (Wildman–Crippen MR) is 91.6 cm³/mol. The summed E-state index contributed by atoms with van der Waals surface area (Å²) in [5, 5.41) is 3.59. The average molecular weight is 332 g/mol. The summed E-state index contributed by atoms with van der Waals surface area (Å²) in [5.74, 6) is 0. The number of nitrogens with one attached hydrogen (secondary N) is 1. The summed E-state index contributed by atoms with van der Waals surface area (Å²) in [7, 11) is 0. The Morgan fingerprint density at radius 2 is 1.45 bits per heavy atom. The van der Waals surface area contributed by atoms with Crippen LogP contribution in [0.15, 0.2) is 34.8 Å². The van der Waals surface area contributed by atoms with Crippen molar-refractivity contribution in [2.24, 2.45) is 0 Å². The zero-order valence-corrected chi connectivity index (χ0v) is 14.4. The van der Waals surface area contributed by atoms with Crippen molar-refractivity contribution in [2.45, 2.75) is 40.7 Å². The van der Waals surface area contributed by atoms with Crippen LogP contribution in [0.4, 0.5) is 5.69 Å². The molecule has 2 rings (SSSR count). The highest BCUT2D eigenvalue weighted by Gasteiger charge is 2.08. The first kappa shape index (κ1) is 15.1. The van der Waals surface area contributed by atoms with Gasteiger partial charge < -0.3 is 5.32 Å². The highest BCUT2D eigenvalue weighted by molar-refractivity contribution is 9.10. The number of anilines is 1. The van der Waals surface area contributed by atoms with Gasteiger partial charge in [0.05, 0.1) is 0 Å². The minimum Gasteiger partial charge on any atom is -0.379 e. The van der Waals surface area contributed by atoms with Gasteiger partial charge in [-0.2, -0.15) is 0 Å². The van der Waals surface area contributed by atoms with Crippen molar-refractivity contribution in [2.75, 3.05) is 5.32 Å². The van der Waals surface area contributed by atoms with Gasteiger partial charge in [0.2, 0.25) is 0 Å². The minimum absolute atomic E-state index is 0.300. The van der Waals surface area contributed by atoms with Crippen LogP contribution in [0.1, 0.15) is 40.8 Å². The Morgan fingerprint density at radius 3 is 2.00 bits per heavy atom. The molecular formula is C18H22BrN. The molecule has 0 saturated carbocycles. The number of hydrogen-bond acceptors (Lipinski definition) is 1. The number of halogens is 1. The smallest absolute Gasteiger partial charge is 0.0485 e. The molecule has 2 heteroatoms. The summed E-state index contributed by atoms with van der Waals surface area (Å²) < 4.78 is 1.20. The maximum atomic E-state index is 3.61. The van der Waals surface area contributed by atoms with Gasteiger partial charge in [-0.15, -0.1) is 0 Å². The Hall–Kier alpha value is -1.28. The summed E-state index contributed by atoms with van der Waals surface area (Å²) in [6.45, 7) is 10.8.